The molecule has 1 saturated heterocycles. The first-order chi connectivity index (χ1) is 6.61. The second kappa shape index (κ2) is 5.18. The van der Waals surface area contributed by atoms with Crippen molar-refractivity contribution in [3.05, 3.63) is 11.8 Å². The summed E-state index contributed by atoms with van der Waals surface area (Å²) in [7, 11) is 0. The van der Waals surface area contributed by atoms with Crippen LogP contribution in [-0.2, 0) is 4.79 Å². The molecule has 0 amide bonds. The zero-order chi connectivity index (χ0) is 10.6. The number of hydrogen-bond donors (Lipinski definition) is 0. The van der Waals surface area contributed by atoms with Crippen molar-refractivity contribution in [1.29, 1.82) is 0 Å². The summed E-state index contributed by atoms with van der Waals surface area (Å²) in [5.74, 6) is 0.395. The lowest BCUT2D eigenvalue weighted by Gasteiger charge is -2.25. The van der Waals surface area contributed by atoms with Gasteiger partial charge in [-0.3, -0.25) is 4.79 Å². The largest absolute Gasteiger partial charge is 0.377 e. The molecule has 0 aliphatic carbocycles. The fourth-order valence-corrected chi connectivity index (χ4v) is 1.84. The smallest absolute Gasteiger partial charge is 0.162 e. The number of piperidine rings is 1. The van der Waals surface area contributed by atoms with Crippen LogP contribution in [0.25, 0.3) is 0 Å². The SMILES string of the molecule is CC(=CN1CCCCC1)C(=O)C(C)C. The molecule has 1 heterocycles. The number of nitrogens with zero attached hydrogens (tertiary/aromatic N) is 1. The van der Waals surface area contributed by atoms with Gasteiger partial charge in [0.1, 0.15) is 0 Å². The van der Waals surface area contributed by atoms with E-state index in [4.69, 9.17) is 0 Å². The van der Waals surface area contributed by atoms with Gasteiger partial charge in [0, 0.05) is 30.8 Å². The van der Waals surface area contributed by atoms with Gasteiger partial charge < -0.3 is 4.90 Å². The van der Waals surface area contributed by atoms with Gasteiger partial charge in [-0.1, -0.05) is 13.8 Å². The lowest BCUT2D eigenvalue weighted by atomic mass is 10.0. The quantitative estimate of drug-likeness (QED) is 0.645. The van der Waals surface area contributed by atoms with Gasteiger partial charge in [0.15, 0.2) is 5.78 Å². The number of carbonyl (C=O) groups is 1. The van der Waals surface area contributed by atoms with Crippen molar-refractivity contribution in [2.24, 2.45) is 5.92 Å². The highest BCUT2D eigenvalue weighted by molar-refractivity contribution is 5.95. The molecule has 2 nitrogen and oxygen atoms in total. The van der Waals surface area contributed by atoms with Crippen LogP contribution in [0.4, 0.5) is 0 Å². The van der Waals surface area contributed by atoms with E-state index in [2.05, 4.69) is 4.90 Å². The molecular formula is C12H21NO. The highest BCUT2D eigenvalue weighted by atomic mass is 16.1. The molecule has 0 saturated carbocycles. The van der Waals surface area contributed by atoms with Crippen molar-refractivity contribution in [3.63, 3.8) is 0 Å². The Hall–Kier alpha value is -0.790. The van der Waals surface area contributed by atoms with Crippen LogP contribution in [0.2, 0.25) is 0 Å². The predicted molar refractivity (Wildman–Crippen MR) is 59.0 cm³/mol. The molecule has 1 fully saturated rings. The molecule has 0 spiro atoms. The number of likely N-dealkylation sites (tertiary alicyclic amines) is 1. The third-order valence-corrected chi connectivity index (χ3v) is 2.68. The van der Waals surface area contributed by atoms with E-state index in [1.807, 2.05) is 27.0 Å². The molecule has 0 radical (unpaired) electrons. The molecule has 0 aromatic carbocycles. The van der Waals surface area contributed by atoms with Gasteiger partial charge >= 0.3 is 0 Å². The highest BCUT2D eigenvalue weighted by Gasteiger charge is 2.12. The van der Waals surface area contributed by atoms with E-state index in [1.54, 1.807) is 0 Å². The molecule has 0 unspecified atom stereocenters. The Balaban J connectivity index is 2.53. The Morgan fingerprint density at radius 2 is 1.79 bits per heavy atom. The van der Waals surface area contributed by atoms with Crippen LogP contribution in [0.1, 0.15) is 40.0 Å². The van der Waals surface area contributed by atoms with E-state index >= 15 is 0 Å². The molecule has 1 aliphatic rings. The van der Waals surface area contributed by atoms with Crippen molar-refractivity contribution >= 4 is 5.78 Å². The summed E-state index contributed by atoms with van der Waals surface area (Å²) in [6.07, 6.45) is 5.91. The van der Waals surface area contributed by atoms with Crippen LogP contribution < -0.4 is 0 Å². The van der Waals surface area contributed by atoms with E-state index in [1.165, 1.54) is 19.3 Å². The van der Waals surface area contributed by atoms with Crippen LogP contribution >= 0.6 is 0 Å². The third kappa shape index (κ3) is 3.17. The molecule has 80 valence electrons. The molecule has 1 aliphatic heterocycles. The molecule has 0 aromatic rings. The maximum atomic E-state index is 11.6. The van der Waals surface area contributed by atoms with Crippen molar-refractivity contribution in [1.82, 2.24) is 4.90 Å². The van der Waals surface area contributed by atoms with Gasteiger partial charge in [-0.05, 0) is 26.2 Å². The lowest BCUT2D eigenvalue weighted by Crippen LogP contribution is -2.25. The number of Topliss-reactive ketones (excluding diaryl/α,β-unsaturated/α-hetero) is 1. The van der Waals surface area contributed by atoms with E-state index in [9.17, 15) is 4.79 Å². The molecule has 0 bridgehead atoms. The molecular weight excluding hydrogens is 174 g/mol. The number of hydrogen-bond acceptors (Lipinski definition) is 2. The monoisotopic (exact) mass is 195 g/mol. The van der Waals surface area contributed by atoms with Crippen molar-refractivity contribution in [3.8, 4) is 0 Å². The number of allylic oxidation sites excluding steroid dienone is 1. The second-order valence-electron chi connectivity index (χ2n) is 4.43. The first-order valence-electron chi connectivity index (χ1n) is 5.58. The number of carbonyl (C=O) groups excluding carboxylic acids is 1. The normalized spacial score (nSPS) is 18.9. The van der Waals surface area contributed by atoms with Gasteiger partial charge in [-0.25, -0.2) is 0 Å². The number of rotatable bonds is 3. The zero-order valence-electron chi connectivity index (χ0n) is 9.55. The van der Waals surface area contributed by atoms with Gasteiger partial charge in [0.05, 0.1) is 0 Å². The summed E-state index contributed by atoms with van der Waals surface area (Å²) >= 11 is 0. The summed E-state index contributed by atoms with van der Waals surface area (Å²) < 4.78 is 0. The predicted octanol–water partition coefficient (Wildman–Crippen LogP) is 2.60. The maximum absolute atomic E-state index is 11.6. The van der Waals surface area contributed by atoms with Crippen molar-refractivity contribution in [2.45, 2.75) is 40.0 Å². The van der Waals surface area contributed by atoms with Crippen molar-refractivity contribution in [2.75, 3.05) is 13.1 Å². The van der Waals surface area contributed by atoms with Gasteiger partial charge in [0.25, 0.3) is 0 Å². The van der Waals surface area contributed by atoms with Gasteiger partial charge in [-0.15, -0.1) is 0 Å². The van der Waals surface area contributed by atoms with Crippen LogP contribution in [0.5, 0.6) is 0 Å². The molecule has 2 heteroatoms. The fourth-order valence-electron chi connectivity index (χ4n) is 1.84. The Kier molecular flexibility index (Phi) is 4.18. The van der Waals surface area contributed by atoms with Crippen LogP contribution in [-0.4, -0.2) is 23.8 Å². The summed E-state index contributed by atoms with van der Waals surface area (Å²) in [5.41, 5.74) is 0.905. The summed E-state index contributed by atoms with van der Waals surface area (Å²) in [4.78, 5) is 13.9. The standard InChI is InChI=1S/C12H21NO/c1-10(2)12(14)11(3)9-13-7-5-4-6-8-13/h9-10H,4-8H2,1-3H3. The summed E-state index contributed by atoms with van der Waals surface area (Å²) in [6.45, 7) is 8.06. The number of ketones is 1. The molecule has 0 aromatic heterocycles. The average Bonchev–Trinajstić information content (AvgIpc) is 2.18. The molecule has 14 heavy (non-hydrogen) atoms. The maximum Gasteiger partial charge on any atom is 0.162 e. The lowest BCUT2D eigenvalue weighted by molar-refractivity contribution is -0.118. The second-order valence-corrected chi connectivity index (χ2v) is 4.43. The van der Waals surface area contributed by atoms with Crippen LogP contribution in [0.15, 0.2) is 11.8 Å². The van der Waals surface area contributed by atoms with Gasteiger partial charge in [0.2, 0.25) is 0 Å². The zero-order valence-corrected chi connectivity index (χ0v) is 9.55. The summed E-state index contributed by atoms with van der Waals surface area (Å²) in [5, 5.41) is 0. The minimum Gasteiger partial charge on any atom is -0.377 e. The van der Waals surface area contributed by atoms with Gasteiger partial charge in [-0.2, -0.15) is 0 Å². The Labute approximate surface area is 87.0 Å². The van der Waals surface area contributed by atoms with Crippen LogP contribution in [0, 0.1) is 5.92 Å². The Bertz CT molecular complexity index is 224. The first kappa shape index (κ1) is 11.3. The topological polar surface area (TPSA) is 20.3 Å². The van der Waals surface area contributed by atoms with Crippen molar-refractivity contribution < 1.29 is 4.79 Å². The fraction of sp³-hybridized carbons (Fsp3) is 0.750. The first-order valence-corrected chi connectivity index (χ1v) is 5.58. The van der Waals surface area contributed by atoms with Crippen LogP contribution in [0.3, 0.4) is 0 Å². The van der Waals surface area contributed by atoms with E-state index < -0.39 is 0 Å². The minimum atomic E-state index is 0.121. The summed E-state index contributed by atoms with van der Waals surface area (Å²) in [6, 6.07) is 0. The van der Waals surface area contributed by atoms with E-state index in [-0.39, 0.29) is 11.7 Å². The third-order valence-electron chi connectivity index (χ3n) is 2.68. The Morgan fingerprint density at radius 3 is 2.29 bits per heavy atom. The minimum absolute atomic E-state index is 0.121. The molecule has 1 rings (SSSR count). The van der Waals surface area contributed by atoms with E-state index in [0.29, 0.717) is 0 Å². The van der Waals surface area contributed by atoms with E-state index in [0.717, 1.165) is 18.7 Å². The molecule has 0 N–H and O–H groups in total. The molecule has 0 atom stereocenters. The average molecular weight is 195 g/mol. The Morgan fingerprint density at radius 1 is 1.21 bits per heavy atom. The highest BCUT2D eigenvalue weighted by Crippen LogP contribution is 2.12.